The lowest BCUT2D eigenvalue weighted by atomic mass is 10.3. The van der Waals surface area contributed by atoms with Gasteiger partial charge in [-0.3, -0.25) is 0 Å². The molecule has 2 N–H and O–H groups in total. The van der Waals surface area contributed by atoms with Crippen molar-refractivity contribution in [3.63, 3.8) is 0 Å². The highest BCUT2D eigenvalue weighted by molar-refractivity contribution is 9.10. The van der Waals surface area contributed by atoms with Crippen molar-refractivity contribution in [2.75, 3.05) is 5.73 Å². The predicted octanol–water partition coefficient (Wildman–Crippen LogP) is 4.01. The maximum Gasteiger partial charge on any atom is 0.242 e. The average molecular weight is 318 g/mol. The first-order chi connectivity index (χ1) is 8.08. The van der Waals surface area contributed by atoms with Crippen molar-refractivity contribution in [1.29, 1.82) is 0 Å². The number of hydrogen-bond donors (Lipinski definition) is 1. The van der Waals surface area contributed by atoms with Gasteiger partial charge in [0.2, 0.25) is 5.88 Å². The third kappa shape index (κ3) is 2.68. The number of pyridine rings is 1. The van der Waals surface area contributed by atoms with Crippen molar-refractivity contribution in [3.8, 4) is 11.6 Å². The second-order valence-corrected chi connectivity index (χ2v) is 4.46. The number of rotatable bonds is 2. The van der Waals surface area contributed by atoms with Gasteiger partial charge in [0.15, 0.2) is 0 Å². The largest absolute Gasteiger partial charge is 0.436 e. The van der Waals surface area contributed by atoms with Crippen LogP contribution in [0.25, 0.3) is 0 Å². The van der Waals surface area contributed by atoms with E-state index in [1.54, 1.807) is 12.1 Å². The lowest BCUT2D eigenvalue weighted by Crippen LogP contribution is -1.95. The van der Waals surface area contributed by atoms with E-state index in [1.807, 2.05) is 0 Å². The van der Waals surface area contributed by atoms with Gasteiger partial charge >= 0.3 is 0 Å². The first-order valence-electron chi connectivity index (χ1n) is 4.61. The van der Waals surface area contributed by atoms with Crippen LogP contribution in [0.1, 0.15) is 0 Å². The van der Waals surface area contributed by atoms with Crippen molar-refractivity contribution < 1.29 is 9.13 Å². The molecule has 17 heavy (non-hydrogen) atoms. The Balaban J connectivity index is 2.37. The van der Waals surface area contributed by atoms with Gasteiger partial charge in [0.05, 0.1) is 15.2 Å². The molecule has 0 aliphatic rings. The van der Waals surface area contributed by atoms with Crippen LogP contribution in [-0.4, -0.2) is 4.98 Å². The Labute approximate surface area is 110 Å². The molecular weight excluding hydrogens is 310 g/mol. The third-order valence-electron chi connectivity index (χ3n) is 1.98. The van der Waals surface area contributed by atoms with Crippen molar-refractivity contribution in [2.45, 2.75) is 0 Å². The summed E-state index contributed by atoms with van der Waals surface area (Å²) in [5, 5.41) is 0.0122. The topological polar surface area (TPSA) is 48.1 Å². The van der Waals surface area contributed by atoms with Crippen molar-refractivity contribution in [2.24, 2.45) is 0 Å². The monoisotopic (exact) mass is 316 g/mol. The average Bonchev–Trinajstić information content (AvgIpc) is 2.29. The van der Waals surface area contributed by atoms with Crippen LogP contribution < -0.4 is 10.5 Å². The smallest absolute Gasteiger partial charge is 0.242 e. The zero-order valence-corrected chi connectivity index (χ0v) is 10.8. The molecule has 0 bridgehead atoms. The third-order valence-corrected chi connectivity index (χ3v) is 2.89. The number of benzene rings is 1. The van der Waals surface area contributed by atoms with E-state index in [-0.39, 0.29) is 16.7 Å². The molecular formula is C11H7BrClFN2O. The first kappa shape index (κ1) is 12.1. The maximum absolute atomic E-state index is 13.3. The number of ether oxygens (including phenoxy) is 1. The van der Waals surface area contributed by atoms with Gasteiger partial charge in [-0.1, -0.05) is 11.6 Å². The molecule has 0 unspecified atom stereocenters. The zero-order valence-electron chi connectivity index (χ0n) is 8.45. The highest BCUT2D eigenvalue weighted by atomic mass is 79.9. The molecule has 88 valence electrons. The van der Waals surface area contributed by atoms with E-state index in [4.69, 9.17) is 22.1 Å². The standard InChI is InChI=1S/C11H7BrClFN2O/c12-6-4-7(13)8(14)5-10(6)17-11-9(15)2-1-3-16-11/h1-5H,15H2. The van der Waals surface area contributed by atoms with Crippen LogP contribution in [0.4, 0.5) is 10.1 Å². The van der Waals surface area contributed by atoms with E-state index in [0.29, 0.717) is 10.2 Å². The molecule has 0 atom stereocenters. The Morgan fingerprint density at radius 3 is 2.88 bits per heavy atom. The highest BCUT2D eigenvalue weighted by Gasteiger charge is 2.10. The van der Waals surface area contributed by atoms with E-state index >= 15 is 0 Å². The number of anilines is 1. The maximum atomic E-state index is 13.3. The molecule has 0 saturated heterocycles. The molecule has 2 aromatic rings. The molecule has 0 aliphatic heterocycles. The molecule has 1 aromatic heterocycles. The van der Waals surface area contributed by atoms with Gasteiger partial charge in [-0.05, 0) is 34.1 Å². The summed E-state index contributed by atoms with van der Waals surface area (Å²) in [5.74, 6) is -0.0911. The summed E-state index contributed by atoms with van der Waals surface area (Å²) in [6.07, 6.45) is 1.53. The number of nitrogens with zero attached hydrogens (tertiary/aromatic N) is 1. The van der Waals surface area contributed by atoms with Crippen LogP contribution in [0.15, 0.2) is 34.9 Å². The Hall–Kier alpha value is -1.33. The minimum absolute atomic E-state index is 0.0122. The van der Waals surface area contributed by atoms with Crippen LogP contribution in [0.3, 0.4) is 0 Å². The summed E-state index contributed by atoms with van der Waals surface area (Å²) in [6.45, 7) is 0. The van der Waals surface area contributed by atoms with Gasteiger partial charge in [-0.15, -0.1) is 0 Å². The second kappa shape index (κ2) is 4.89. The van der Waals surface area contributed by atoms with E-state index in [2.05, 4.69) is 20.9 Å². The Morgan fingerprint density at radius 1 is 1.41 bits per heavy atom. The van der Waals surface area contributed by atoms with Crippen LogP contribution in [0.2, 0.25) is 5.02 Å². The minimum Gasteiger partial charge on any atom is -0.436 e. The highest BCUT2D eigenvalue weighted by Crippen LogP contribution is 2.34. The van der Waals surface area contributed by atoms with Crippen LogP contribution >= 0.6 is 27.5 Å². The number of nitrogen functional groups attached to an aromatic ring is 1. The molecule has 3 nitrogen and oxygen atoms in total. The summed E-state index contributed by atoms with van der Waals surface area (Å²) in [4.78, 5) is 3.94. The molecule has 0 amide bonds. The zero-order chi connectivity index (χ0) is 12.4. The van der Waals surface area contributed by atoms with Crippen LogP contribution in [0, 0.1) is 5.82 Å². The molecule has 1 heterocycles. The number of aromatic nitrogens is 1. The number of nitrogens with two attached hydrogens (primary N) is 1. The van der Waals surface area contributed by atoms with Gasteiger partial charge in [-0.25, -0.2) is 9.37 Å². The first-order valence-corrected chi connectivity index (χ1v) is 5.78. The fourth-order valence-corrected chi connectivity index (χ4v) is 1.89. The number of hydrogen-bond acceptors (Lipinski definition) is 3. The summed E-state index contributed by atoms with van der Waals surface area (Å²) in [5.41, 5.74) is 6.03. The van der Waals surface area contributed by atoms with Gasteiger partial charge in [0.25, 0.3) is 0 Å². The van der Waals surface area contributed by atoms with E-state index in [0.717, 1.165) is 0 Å². The summed E-state index contributed by atoms with van der Waals surface area (Å²) >= 11 is 8.84. The SMILES string of the molecule is Nc1cccnc1Oc1cc(F)c(Cl)cc1Br. The van der Waals surface area contributed by atoms with Gasteiger partial charge in [-0.2, -0.15) is 0 Å². The molecule has 0 radical (unpaired) electrons. The quantitative estimate of drug-likeness (QED) is 0.851. The minimum atomic E-state index is -0.570. The Bertz CT molecular complexity index is 565. The summed E-state index contributed by atoms with van der Waals surface area (Å²) in [7, 11) is 0. The molecule has 0 fully saturated rings. The summed E-state index contributed by atoms with van der Waals surface area (Å²) in [6, 6.07) is 5.90. The van der Waals surface area contributed by atoms with Crippen molar-refractivity contribution >= 4 is 33.2 Å². The molecule has 1 aromatic carbocycles. The number of halogens is 3. The lowest BCUT2D eigenvalue weighted by Gasteiger charge is -2.09. The fraction of sp³-hybridized carbons (Fsp3) is 0. The molecule has 0 spiro atoms. The Morgan fingerprint density at radius 2 is 2.18 bits per heavy atom. The summed E-state index contributed by atoms with van der Waals surface area (Å²) < 4.78 is 19.2. The van der Waals surface area contributed by atoms with E-state index in [9.17, 15) is 4.39 Å². The fourth-order valence-electron chi connectivity index (χ4n) is 1.18. The molecule has 0 aliphatic carbocycles. The van der Waals surface area contributed by atoms with E-state index in [1.165, 1.54) is 18.3 Å². The molecule has 2 rings (SSSR count). The van der Waals surface area contributed by atoms with Gasteiger partial charge in [0, 0.05) is 12.3 Å². The normalized spacial score (nSPS) is 10.3. The molecule has 6 heteroatoms. The van der Waals surface area contributed by atoms with Crippen molar-refractivity contribution in [3.05, 3.63) is 45.8 Å². The second-order valence-electron chi connectivity index (χ2n) is 3.20. The van der Waals surface area contributed by atoms with E-state index < -0.39 is 5.82 Å². The molecule has 0 saturated carbocycles. The lowest BCUT2D eigenvalue weighted by molar-refractivity contribution is 0.458. The Kier molecular flexibility index (Phi) is 3.49. The van der Waals surface area contributed by atoms with Gasteiger partial charge in [0.1, 0.15) is 11.6 Å². The van der Waals surface area contributed by atoms with Crippen molar-refractivity contribution in [1.82, 2.24) is 4.98 Å². The predicted molar refractivity (Wildman–Crippen MR) is 67.8 cm³/mol. The van der Waals surface area contributed by atoms with Crippen LogP contribution in [-0.2, 0) is 0 Å². The van der Waals surface area contributed by atoms with Crippen LogP contribution in [0.5, 0.6) is 11.6 Å². The van der Waals surface area contributed by atoms with Gasteiger partial charge < -0.3 is 10.5 Å².